The van der Waals surface area contributed by atoms with Gasteiger partial charge in [-0.1, -0.05) is 6.92 Å². The molecule has 1 amide bonds. The van der Waals surface area contributed by atoms with Gasteiger partial charge >= 0.3 is 5.97 Å². The summed E-state index contributed by atoms with van der Waals surface area (Å²) < 4.78 is 15.7. The second kappa shape index (κ2) is 7.00. The normalized spacial score (nSPS) is 20.0. The number of methoxy groups -OCH3 is 2. The van der Waals surface area contributed by atoms with Gasteiger partial charge in [0.2, 0.25) is 0 Å². The third-order valence-corrected chi connectivity index (χ3v) is 4.11. The lowest BCUT2D eigenvalue weighted by Gasteiger charge is -2.40. The van der Waals surface area contributed by atoms with Crippen molar-refractivity contribution in [2.24, 2.45) is 0 Å². The Hall–Kier alpha value is -2.08. The summed E-state index contributed by atoms with van der Waals surface area (Å²) in [4.78, 5) is 26.2. The molecule has 1 aliphatic rings. The van der Waals surface area contributed by atoms with Gasteiger partial charge in [-0.25, -0.2) is 4.79 Å². The smallest absolute Gasteiger partial charge is 0.337 e. The van der Waals surface area contributed by atoms with Crippen molar-refractivity contribution in [1.29, 1.82) is 0 Å². The van der Waals surface area contributed by atoms with Gasteiger partial charge in [0, 0.05) is 20.3 Å². The third-order valence-electron chi connectivity index (χ3n) is 4.11. The van der Waals surface area contributed by atoms with Gasteiger partial charge in [0.05, 0.1) is 18.4 Å². The molecule has 23 heavy (non-hydrogen) atoms. The predicted octanol–water partition coefficient (Wildman–Crippen LogP) is 2.40. The number of hydrogen-bond acceptors (Lipinski definition) is 5. The highest BCUT2D eigenvalue weighted by Crippen LogP contribution is 2.39. The topological polar surface area (TPSA) is 65.1 Å². The third kappa shape index (κ3) is 3.32. The van der Waals surface area contributed by atoms with Crippen LogP contribution in [-0.2, 0) is 14.3 Å². The maximum atomic E-state index is 12.8. The van der Waals surface area contributed by atoms with Gasteiger partial charge < -0.3 is 19.1 Å². The summed E-state index contributed by atoms with van der Waals surface area (Å²) in [5, 5.41) is 0. The van der Waals surface area contributed by atoms with Crippen LogP contribution in [0.1, 0.15) is 37.0 Å². The van der Waals surface area contributed by atoms with Gasteiger partial charge in [-0.05, 0) is 38.0 Å². The van der Waals surface area contributed by atoms with Crippen LogP contribution in [0.4, 0.5) is 5.69 Å². The molecule has 0 radical (unpaired) electrons. The van der Waals surface area contributed by atoms with E-state index in [1.165, 1.54) is 7.11 Å². The standard InChI is InChI=1S/C17H23NO5/c1-5-17(2)16(20)18(9-6-10-21-3)13-11-12(15(19)22-4)7-8-14(13)23-17/h7-8,11H,5-6,9-10H2,1-4H3. The monoisotopic (exact) mass is 321 g/mol. The molecular weight excluding hydrogens is 298 g/mol. The molecular formula is C17H23NO5. The molecule has 0 bridgehead atoms. The van der Waals surface area contributed by atoms with E-state index in [4.69, 9.17) is 14.2 Å². The number of carbonyl (C=O) groups excluding carboxylic acids is 2. The second-order valence-electron chi connectivity index (χ2n) is 5.66. The molecule has 1 aliphatic heterocycles. The lowest BCUT2D eigenvalue weighted by atomic mass is 9.97. The molecule has 6 heteroatoms. The summed E-state index contributed by atoms with van der Waals surface area (Å²) in [5.41, 5.74) is 0.0896. The van der Waals surface area contributed by atoms with Crippen molar-refractivity contribution in [3.8, 4) is 5.75 Å². The molecule has 0 fully saturated rings. The predicted molar refractivity (Wildman–Crippen MR) is 86.0 cm³/mol. The minimum atomic E-state index is -0.896. The number of amides is 1. The number of rotatable bonds is 6. The lowest BCUT2D eigenvalue weighted by Crippen LogP contribution is -2.54. The number of nitrogens with zero attached hydrogens (tertiary/aromatic N) is 1. The van der Waals surface area contributed by atoms with E-state index in [1.54, 1.807) is 37.1 Å². The number of carbonyl (C=O) groups is 2. The fraction of sp³-hybridized carbons (Fsp3) is 0.529. The van der Waals surface area contributed by atoms with E-state index in [0.717, 1.165) is 0 Å². The van der Waals surface area contributed by atoms with E-state index in [9.17, 15) is 9.59 Å². The van der Waals surface area contributed by atoms with E-state index in [1.807, 2.05) is 6.92 Å². The van der Waals surface area contributed by atoms with Crippen LogP contribution >= 0.6 is 0 Å². The van der Waals surface area contributed by atoms with Crippen LogP contribution in [0.15, 0.2) is 18.2 Å². The molecule has 1 aromatic rings. The van der Waals surface area contributed by atoms with Crippen LogP contribution < -0.4 is 9.64 Å². The molecule has 0 aromatic heterocycles. The van der Waals surface area contributed by atoms with Crippen LogP contribution in [0.25, 0.3) is 0 Å². The minimum absolute atomic E-state index is 0.106. The summed E-state index contributed by atoms with van der Waals surface area (Å²) in [6, 6.07) is 5.00. The Balaban J connectivity index is 2.42. The zero-order chi connectivity index (χ0) is 17.0. The Morgan fingerprint density at radius 3 is 2.70 bits per heavy atom. The largest absolute Gasteiger partial charge is 0.476 e. The van der Waals surface area contributed by atoms with Crippen molar-refractivity contribution in [3.05, 3.63) is 23.8 Å². The zero-order valence-corrected chi connectivity index (χ0v) is 14.0. The molecule has 1 heterocycles. The summed E-state index contributed by atoms with van der Waals surface area (Å²) in [7, 11) is 2.95. The van der Waals surface area contributed by atoms with E-state index in [0.29, 0.717) is 43.0 Å². The first kappa shape index (κ1) is 17.3. The molecule has 1 unspecified atom stereocenters. The van der Waals surface area contributed by atoms with Gasteiger partial charge in [0.1, 0.15) is 5.75 Å². The first-order valence-corrected chi connectivity index (χ1v) is 7.69. The molecule has 0 N–H and O–H groups in total. The number of hydrogen-bond donors (Lipinski definition) is 0. The van der Waals surface area contributed by atoms with Crippen molar-refractivity contribution in [2.45, 2.75) is 32.3 Å². The van der Waals surface area contributed by atoms with Crippen LogP contribution in [-0.4, -0.2) is 44.8 Å². The van der Waals surface area contributed by atoms with Crippen molar-refractivity contribution >= 4 is 17.6 Å². The van der Waals surface area contributed by atoms with Gasteiger partial charge in [-0.3, -0.25) is 4.79 Å². The van der Waals surface area contributed by atoms with Gasteiger partial charge in [-0.2, -0.15) is 0 Å². The quantitative estimate of drug-likeness (QED) is 0.594. The fourth-order valence-corrected chi connectivity index (χ4v) is 2.55. The SMILES string of the molecule is CCC1(C)Oc2ccc(C(=O)OC)cc2N(CCCOC)C1=O. The fourth-order valence-electron chi connectivity index (χ4n) is 2.55. The average molecular weight is 321 g/mol. The number of esters is 1. The summed E-state index contributed by atoms with van der Waals surface area (Å²) in [6.07, 6.45) is 1.26. The van der Waals surface area contributed by atoms with Crippen molar-refractivity contribution in [3.63, 3.8) is 0 Å². The summed E-state index contributed by atoms with van der Waals surface area (Å²) in [6.45, 7) is 4.76. The van der Waals surface area contributed by atoms with Crippen LogP contribution in [0.2, 0.25) is 0 Å². The Kier molecular flexibility index (Phi) is 5.26. The molecule has 126 valence electrons. The van der Waals surface area contributed by atoms with Crippen molar-refractivity contribution < 1.29 is 23.8 Å². The van der Waals surface area contributed by atoms with E-state index < -0.39 is 11.6 Å². The zero-order valence-electron chi connectivity index (χ0n) is 14.0. The van der Waals surface area contributed by atoms with Crippen molar-refractivity contribution in [2.75, 3.05) is 32.3 Å². The van der Waals surface area contributed by atoms with E-state index >= 15 is 0 Å². The molecule has 0 saturated carbocycles. The molecule has 1 aromatic carbocycles. The summed E-state index contributed by atoms with van der Waals surface area (Å²) >= 11 is 0. The minimum Gasteiger partial charge on any atom is -0.476 e. The summed E-state index contributed by atoms with van der Waals surface area (Å²) in [5.74, 6) is 0.0468. The lowest BCUT2D eigenvalue weighted by molar-refractivity contribution is -0.134. The number of anilines is 1. The Bertz CT molecular complexity index is 601. The Morgan fingerprint density at radius 2 is 2.09 bits per heavy atom. The van der Waals surface area contributed by atoms with Crippen molar-refractivity contribution in [1.82, 2.24) is 0 Å². The molecule has 0 aliphatic carbocycles. The maximum Gasteiger partial charge on any atom is 0.337 e. The molecule has 6 nitrogen and oxygen atoms in total. The van der Waals surface area contributed by atoms with Gasteiger partial charge in [0.15, 0.2) is 5.60 Å². The molecule has 0 spiro atoms. The van der Waals surface area contributed by atoms with Gasteiger partial charge in [0.25, 0.3) is 5.91 Å². The number of benzene rings is 1. The average Bonchev–Trinajstić information content (AvgIpc) is 2.57. The second-order valence-corrected chi connectivity index (χ2v) is 5.66. The van der Waals surface area contributed by atoms with Crippen LogP contribution in [0.5, 0.6) is 5.75 Å². The molecule has 2 rings (SSSR count). The van der Waals surface area contributed by atoms with Crippen LogP contribution in [0.3, 0.4) is 0 Å². The van der Waals surface area contributed by atoms with E-state index in [-0.39, 0.29) is 5.91 Å². The molecule has 0 saturated heterocycles. The van der Waals surface area contributed by atoms with E-state index in [2.05, 4.69) is 0 Å². The Labute approximate surface area is 136 Å². The Morgan fingerprint density at radius 1 is 1.35 bits per heavy atom. The van der Waals surface area contributed by atoms with Crippen LogP contribution in [0, 0.1) is 0 Å². The highest BCUT2D eigenvalue weighted by molar-refractivity contribution is 6.03. The first-order chi connectivity index (χ1) is 11.0. The highest BCUT2D eigenvalue weighted by atomic mass is 16.5. The number of ether oxygens (including phenoxy) is 3. The number of fused-ring (bicyclic) bond motifs is 1. The highest BCUT2D eigenvalue weighted by Gasteiger charge is 2.43. The molecule has 1 atom stereocenters. The van der Waals surface area contributed by atoms with Gasteiger partial charge in [-0.15, -0.1) is 0 Å². The first-order valence-electron chi connectivity index (χ1n) is 7.69. The maximum absolute atomic E-state index is 12.8.